The highest BCUT2D eigenvalue weighted by Gasteiger charge is 2.26. The molecule has 0 saturated carbocycles. The summed E-state index contributed by atoms with van der Waals surface area (Å²) in [5, 5.41) is 11.9. The number of carbonyl (C=O) groups excluding carboxylic acids is 1. The van der Waals surface area contributed by atoms with Gasteiger partial charge in [0.05, 0.1) is 12.5 Å². The molecule has 126 valence electrons. The maximum absolute atomic E-state index is 12.2. The number of hydrogen-bond donors (Lipinski definition) is 2. The number of nitrogens with one attached hydrogen (secondary N) is 1. The predicted molar refractivity (Wildman–Crippen MR) is 86.5 cm³/mol. The lowest BCUT2D eigenvalue weighted by Gasteiger charge is -2.30. The lowest BCUT2D eigenvalue weighted by atomic mass is 9.97. The van der Waals surface area contributed by atoms with Crippen LogP contribution in [0.3, 0.4) is 0 Å². The van der Waals surface area contributed by atoms with Crippen LogP contribution in [-0.2, 0) is 11.3 Å². The van der Waals surface area contributed by atoms with Crippen LogP contribution < -0.4 is 10.1 Å². The highest BCUT2D eigenvalue weighted by Crippen LogP contribution is 2.21. The van der Waals surface area contributed by atoms with E-state index in [1.54, 1.807) is 4.90 Å². The van der Waals surface area contributed by atoms with Crippen molar-refractivity contribution < 1.29 is 19.4 Å². The van der Waals surface area contributed by atoms with E-state index in [1.807, 2.05) is 32.0 Å². The van der Waals surface area contributed by atoms with Crippen molar-refractivity contribution in [3.05, 3.63) is 29.3 Å². The first kappa shape index (κ1) is 17.1. The Morgan fingerprint density at radius 2 is 2.04 bits per heavy atom. The van der Waals surface area contributed by atoms with Crippen molar-refractivity contribution in [3.63, 3.8) is 0 Å². The molecular weight excluding hydrogens is 296 g/mol. The normalized spacial score (nSPS) is 15.3. The summed E-state index contributed by atoms with van der Waals surface area (Å²) in [5.41, 5.74) is 2.05. The van der Waals surface area contributed by atoms with E-state index in [2.05, 4.69) is 5.32 Å². The fourth-order valence-electron chi connectivity index (χ4n) is 2.71. The molecule has 2 amide bonds. The number of benzene rings is 1. The standard InChI is InChI=1S/C17H24N2O4/c1-3-23-15-10-12(2)4-5-14(15)11-18-17(22)19-8-6-13(7-9-19)16(20)21/h4-5,10,13H,3,6-9,11H2,1-2H3,(H,18,22)(H,20,21). The van der Waals surface area contributed by atoms with Gasteiger partial charge in [-0.2, -0.15) is 0 Å². The number of carbonyl (C=O) groups is 2. The van der Waals surface area contributed by atoms with Crippen LogP contribution in [0.15, 0.2) is 18.2 Å². The number of carboxylic acids is 1. The van der Waals surface area contributed by atoms with Crippen LogP contribution in [0.1, 0.15) is 30.9 Å². The van der Waals surface area contributed by atoms with E-state index in [1.165, 1.54) is 0 Å². The van der Waals surface area contributed by atoms with Crippen LogP contribution in [0.5, 0.6) is 5.75 Å². The number of carboxylic acid groups (broad SMARTS) is 1. The first-order valence-corrected chi connectivity index (χ1v) is 7.99. The number of hydrogen-bond acceptors (Lipinski definition) is 3. The molecule has 23 heavy (non-hydrogen) atoms. The second-order valence-corrected chi connectivity index (χ2v) is 5.80. The molecule has 1 heterocycles. The van der Waals surface area contributed by atoms with Crippen LogP contribution in [0.2, 0.25) is 0 Å². The highest BCUT2D eigenvalue weighted by molar-refractivity contribution is 5.75. The van der Waals surface area contributed by atoms with Crippen LogP contribution in [-0.4, -0.2) is 41.7 Å². The number of piperidine rings is 1. The van der Waals surface area contributed by atoms with Gasteiger partial charge in [-0.05, 0) is 38.3 Å². The van der Waals surface area contributed by atoms with E-state index in [4.69, 9.17) is 9.84 Å². The number of nitrogens with zero attached hydrogens (tertiary/aromatic N) is 1. The molecular formula is C17H24N2O4. The molecule has 0 unspecified atom stereocenters. The summed E-state index contributed by atoms with van der Waals surface area (Å²) in [6.45, 7) is 5.86. The average Bonchev–Trinajstić information content (AvgIpc) is 2.54. The minimum absolute atomic E-state index is 0.156. The third-order valence-electron chi connectivity index (χ3n) is 4.08. The van der Waals surface area contributed by atoms with Crippen molar-refractivity contribution in [3.8, 4) is 5.75 Å². The number of likely N-dealkylation sites (tertiary alicyclic amines) is 1. The second-order valence-electron chi connectivity index (χ2n) is 5.80. The van der Waals surface area contributed by atoms with Crippen molar-refractivity contribution >= 4 is 12.0 Å². The SMILES string of the molecule is CCOc1cc(C)ccc1CNC(=O)N1CCC(C(=O)O)CC1. The Morgan fingerprint density at radius 1 is 1.35 bits per heavy atom. The number of aliphatic carboxylic acids is 1. The average molecular weight is 320 g/mol. The van der Waals surface area contributed by atoms with E-state index in [9.17, 15) is 9.59 Å². The Balaban J connectivity index is 1.89. The monoisotopic (exact) mass is 320 g/mol. The fraction of sp³-hybridized carbons (Fsp3) is 0.529. The van der Waals surface area contributed by atoms with Gasteiger partial charge in [0.25, 0.3) is 0 Å². The third-order valence-corrected chi connectivity index (χ3v) is 4.08. The van der Waals surface area contributed by atoms with Gasteiger partial charge in [-0.1, -0.05) is 12.1 Å². The number of amides is 2. The number of aryl methyl sites for hydroxylation is 1. The molecule has 0 aromatic heterocycles. The van der Waals surface area contributed by atoms with Crippen molar-refractivity contribution in [1.82, 2.24) is 10.2 Å². The van der Waals surface area contributed by atoms with Crippen LogP contribution in [0, 0.1) is 12.8 Å². The minimum atomic E-state index is -0.772. The Bertz CT molecular complexity index is 566. The van der Waals surface area contributed by atoms with Gasteiger partial charge in [-0.15, -0.1) is 0 Å². The van der Waals surface area contributed by atoms with Crippen molar-refractivity contribution in [2.75, 3.05) is 19.7 Å². The molecule has 0 bridgehead atoms. The van der Waals surface area contributed by atoms with Crippen LogP contribution in [0.4, 0.5) is 4.79 Å². The Morgan fingerprint density at radius 3 is 2.65 bits per heavy atom. The molecule has 1 aromatic rings. The van der Waals surface area contributed by atoms with Crippen molar-refractivity contribution in [2.24, 2.45) is 5.92 Å². The first-order valence-electron chi connectivity index (χ1n) is 7.99. The molecule has 6 heteroatoms. The van der Waals surface area contributed by atoms with Gasteiger partial charge in [-0.25, -0.2) is 4.79 Å². The van der Waals surface area contributed by atoms with E-state index < -0.39 is 5.97 Å². The summed E-state index contributed by atoms with van der Waals surface area (Å²) < 4.78 is 5.61. The second kappa shape index (κ2) is 7.85. The molecule has 0 aliphatic carbocycles. The van der Waals surface area contributed by atoms with Gasteiger partial charge in [0.1, 0.15) is 5.75 Å². The van der Waals surface area contributed by atoms with Crippen molar-refractivity contribution in [2.45, 2.75) is 33.2 Å². The number of ether oxygens (including phenoxy) is 1. The zero-order valence-corrected chi connectivity index (χ0v) is 13.7. The third kappa shape index (κ3) is 4.61. The first-order chi connectivity index (χ1) is 11.0. The minimum Gasteiger partial charge on any atom is -0.494 e. The smallest absolute Gasteiger partial charge is 0.317 e. The molecule has 1 aromatic carbocycles. The van der Waals surface area contributed by atoms with E-state index in [-0.39, 0.29) is 11.9 Å². The van der Waals surface area contributed by atoms with Gasteiger partial charge in [-0.3, -0.25) is 4.79 Å². The van der Waals surface area contributed by atoms with Crippen molar-refractivity contribution in [1.29, 1.82) is 0 Å². The van der Waals surface area contributed by atoms with E-state index in [0.717, 1.165) is 16.9 Å². The zero-order chi connectivity index (χ0) is 16.8. The maximum atomic E-state index is 12.2. The molecule has 1 fully saturated rings. The van der Waals surface area contributed by atoms with Gasteiger partial charge >= 0.3 is 12.0 Å². The molecule has 0 radical (unpaired) electrons. The quantitative estimate of drug-likeness (QED) is 0.873. The summed E-state index contributed by atoms with van der Waals surface area (Å²) in [5.74, 6) is -0.316. The molecule has 1 aliphatic rings. The molecule has 6 nitrogen and oxygen atoms in total. The van der Waals surface area contributed by atoms with Gasteiger partial charge in [0.15, 0.2) is 0 Å². The maximum Gasteiger partial charge on any atom is 0.317 e. The van der Waals surface area contributed by atoms with E-state index >= 15 is 0 Å². The molecule has 2 rings (SSSR count). The molecule has 1 saturated heterocycles. The zero-order valence-electron chi connectivity index (χ0n) is 13.7. The molecule has 0 spiro atoms. The highest BCUT2D eigenvalue weighted by atomic mass is 16.5. The summed E-state index contributed by atoms with van der Waals surface area (Å²) in [7, 11) is 0. The van der Waals surface area contributed by atoms with Crippen LogP contribution >= 0.6 is 0 Å². The Labute approximate surface area is 136 Å². The largest absolute Gasteiger partial charge is 0.494 e. The molecule has 1 aliphatic heterocycles. The summed E-state index contributed by atoms with van der Waals surface area (Å²) in [6, 6.07) is 5.75. The topological polar surface area (TPSA) is 78.9 Å². The van der Waals surface area contributed by atoms with Gasteiger partial charge < -0.3 is 20.1 Å². The Kier molecular flexibility index (Phi) is 5.84. The predicted octanol–water partition coefficient (Wildman–Crippen LogP) is 2.40. The summed E-state index contributed by atoms with van der Waals surface area (Å²) >= 11 is 0. The Hall–Kier alpha value is -2.24. The lowest BCUT2D eigenvalue weighted by Crippen LogP contribution is -2.45. The van der Waals surface area contributed by atoms with Gasteiger partial charge in [0, 0.05) is 25.2 Å². The summed E-state index contributed by atoms with van der Waals surface area (Å²) in [6.07, 6.45) is 1.02. The number of rotatable bonds is 5. The van der Waals surface area contributed by atoms with Gasteiger partial charge in [0.2, 0.25) is 0 Å². The fourth-order valence-corrected chi connectivity index (χ4v) is 2.71. The van der Waals surface area contributed by atoms with E-state index in [0.29, 0.717) is 39.1 Å². The lowest BCUT2D eigenvalue weighted by molar-refractivity contribution is -0.143. The summed E-state index contributed by atoms with van der Waals surface area (Å²) in [4.78, 5) is 24.8. The molecule has 0 atom stereocenters. The molecule has 2 N–H and O–H groups in total. The van der Waals surface area contributed by atoms with Crippen LogP contribution in [0.25, 0.3) is 0 Å². The number of urea groups is 1.